The third-order valence-electron chi connectivity index (χ3n) is 14.0. The van der Waals surface area contributed by atoms with Crippen molar-refractivity contribution in [1.29, 1.82) is 0 Å². The fourth-order valence-corrected chi connectivity index (χ4v) is 9.54. The summed E-state index contributed by atoms with van der Waals surface area (Å²) in [7, 11) is 0. The Morgan fingerprint density at radius 1 is 0.365 bits per heavy atom. The molecular weight excluding hydrogens is 771 g/mol. The highest BCUT2D eigenvalue weighted by Crippen LogP contribution is 2.18. The smallest absolute Gasteiger partial charge is 0.220 e. The van der Waals surface area contributed by atoms with Crippen LogP contribution >= 0.6 is 0 Å². The van der Waals surface area contributed by atoms with E-state index in [0.29, 0.717) is 12.8 Å². The van der Waals surface area contributed by atoms with Crippen molar-refractivity contribution < 1.29 is 15.0 Å². The van der Waals surface area contributed by atoms with Crippen LogP contribution in [-0.4, -0.2) is 34.9 Å². The third kappa shape index (κ3) is 52.0. The monoisotopic (exact) mass is 888 g/mol. The van der Waals surface area contributed by atoms with Gasteiger partial charge < -0.3 is 15.5 Å². The lowest BCUT2D eigenvalue weighted by atomic mass is 10.0. The van der Waals surface area contributed by atoms with Crippen LogP contribution in [0.25, 0.3) is 0 Å². The van der Waals surface area contributed by atoms with Gasteiger partial charge in [-0.3, -0.25) is 4.79 Å². The van der Waals surface area contributed by atoms with Gasteiger partial charge in [0.15, 0.2) is 0 Å². The second kappa shape index (κ2) is 55.5. The zero-order valence-electron chi connectivity index (χ0n) is 43.4. The number of allylic oxidation sites excluding steroid dienone is 2. The van der Waals surface area contributed by atoms with E-state index in [0.717, 1.165) is 25.7 Å². The van der Waals surface area contributed by atoms with Gasteiger partial charge in [0.05, 0.1) is 18.8 Å². The van der Waals surface area contributed by atoms with Crippen LogP contribution in [0.5, 0.6) is 0 Å². The number of unbranched alkanes of at least 4 members (excludes halogenated alkanes) is 46. The van der Waals surface area contributed by atoms with E-state index >= 15 is 0 Å². The Kier molecular flexibility index (Phi) is 54.7. The highest BCUT2D eigenvalue weighted by molar-refractivity contribution is 5.76. The first kappa shape index (κ1) is 62.1. The number of amides is 1. The van der Waals surface area contributed by atoms with Gasteiger partial charge in [0, 0.05) is 6.42 Å². The van der Waals surface area contributed by atoms with Crippen LogP contribution in [0, 0.1) is 0 Å². The predicted octanol–water partition coefficient (Wildman–Crippen LogP) is 19.3. The normalized spacial score (nSPS) is 12.8. The van der Waals surface area contributed by atoms with Crippen molar-refractivity contribution >= 4 is 5.91 Å². The molecular formula is C59H117NO3. The molecule has 0 aliphatic heterocycles. The fourth-order valence-electron chi connectivity index (χ4n) is 9.54. The number of carbonyl (C=O) groups excluding carboxylic acids is 1. The van der Waals surface area contributed by atoms with Gasteiger partial charge in [-0.25, -0.2) is 0 Å². The minimum Gasteiger partial charge on any atom is -0.394 e. The quantitative estimate of drug-likeness (QED) is 0.0421. The van der Waals surface area contributed by atoms with Gasteiger partial charge in [0.2, 0.25) is 5.91 Å². The van der Waals surface area contributed by atoms with E-state index in [-0.39, 0.29) is 12.5 Å². The Labute approximate surface area is 397 Å². The predicted molar refractivity (Wildman–Crippen MR) is 281 cm³/mol. The van der Waals surface area contributed by atoms with Crippen LogP contribution in [0.4, 0.5) is 0 Å². The summed E-state index contributed by atoms with van der Waals surface area (Å²) in [5.74, 6) is -0.0233. The average Bonchev–Trinajstić information content (AvgIpc) is 3.29. The Morgan fingerprint density at radius 3 is 0.873 bits per heavy atom. The Balaban J connectivity index is 3.40. The molecule has 0 bridgehead atoms. The molecule has 1 amide bonds. The fraction of sp³-hybridized carbons (Fsp3) is 0.949. The third-order valence-corrected chi connectivity index (χ3v) is 14.0. The molecule has 0 aromatic carbocycles. The molecule has 4 nitrogen and oxygen atoms in total. The van der Waals surface area contributed by atoms with Gasteiger partial charge >= 0.3 is 0 Å². The molecule has 0 aromatic heterocycles. The number of hydrogen-bond donors (Lipinski definition) is 3. The Morgan fingerprint density at radius 2 is 0.603 bits per heavy atom. The van der Waals surface area contributed by atoms with E-state index in [9.17, 15) is 15.0 Å². The summed E-state index contributed by atoms with van der Waals surface area (Å²) in [6, 6.07) is -0.533. The topological polar surface area (TPSA) is 69.6 Å². The Bertz CT molecular complexity index is 875. The molecule has 3 N–H and O–H groups in total. The van der Waals surface area contributed by atoms with E-state index in [1.165, 1.54) is 289 Å². The van der Waals surface area contributed by atoms with Crippen molar-refractivity contribution in [3.63, 3.8) is 0 Å². The summed E-state index contributed by atoms with van der Waals surface area (Å²) in [6.45, 7) is 4.40. The van der Waals surface area contributed by atoms with Crippen molar-refractivity contribution in [1.82, 2.24) is 5.32 Å². The molecule has 2 atom stereocenters. The number of hydrogen-bond acceptors (Lipinski definition) is 3. The number of carbonyl (C=O) groups is 1. The molecule has 0 radical (unpaired) electrons. The minimum absolute atomic E-state index is 0.0233. The molecule has 0 saturated carbocycles. The molecule has 0 aliphatic carbocycles. The van der Waals surface area contributed by atoms with Gasteiger partial charge in [0.25, 0.3) is 0 Å². The molecule has 0 fully saturated rings. The number of aliphatic hydroxyl groups is 2. The second-order valence-corrected chi connectivity index (χ2v) is 20.4. The molecule has 0 spiro atoms. The lowest BCUT2D eigenvalue weighted by Gasteiger charge is -2.22. The molecule has 0 rings (SSSR count). The number of nitrogens with one attached hydrogen (secondary N) is 1. The Hall–Kier alpha value is -0.870. The standard InChI is InChI=1S/C59H117NO3/c1-3-5-7-9-11-13-15-17-19-21-23-25-27-28-29-30-31-32-33-35-37-39-41-43-45-47-49-51-53-55-59(63)60-57(56-61)58(62)54-52-50-48-46-44-42-40-38-36-34-26-24-22-20-18-16-14-12-10-8-6-4-2/h21,23,57-58,61-62H,3-20,22,24-56H2,1-2H3,(H,60,63)/b23-21-. The lowest BCUT2D eigenvalue weighted by molar-refractivity contribution is -0.123. The van der Waals surface area contributed by atoms with Crippen molar-refractivity contribution in [2.75, 3.05) is 6.61 Å². The van der Waals surface area contributed by atoms with E-state index in [2.05, 4.69) is 31.3 Å². The summed E-state index contributed by atoms with van der Waals surface area (Å²) in [6.07, 6.45) is 72.1. The maximum atomic E-state index is 12.5. The van der Waals surface area contributed by atoms with Gasteiger partial charge in [-0.05, 0) is 38.5 Å². The van der Waals surface area contributed by atoms with Crippen LogP contribution in [0.15, 0.2) is 12.2 Å². The first-order valence-electron chi connectivity index (χ1n) is 29.4. The summed E-state index contributed by atoms with van der Waals surface area (Å²) in [5, 5.41) is 23.4. The van der Waals surface area contributed by atoms with Crippen molar-refractivity contribution in [2.24, 2.45) is 0 Å². The first-order chi connectivity index (χ1) is 31.2. The maximum Gasteiger partial charge on any atom is 0.220 e. The van der Waals surface area contributed by atoms with Gasteiger partial charge in [-0.15, -0.1) is 0 Å². The van der Waals surface area contributed by atoms with Crippen LogP contribution in [-0.2, 0) is 4.79 Å². The van der Waals surface area contributed by atoms with Crippen molar-refractivity contribution in [3.8, 4) is 0 Å². The molecule has 2 unspecified atom stereocenters. The van der Waals surface area contributed by atoms with Gasteiger partial charge in [-0.2, -0.15) is 0 Å². The van der Waals surface area contributed by atoms with Crippen molar-refractivity contribution in [2.45, 2.75) is 353 Å². The molecule has 0 heterocycles. The molecule has 0 aliphatic rings. The number of rotatable bonds is 55. The minimum atomic E-state index is -0.657. The SMILES string of the molecule is CCCCCCCCCC/C=C\CCCCCCCCCCCCCCCCCCCC(=O)NC(CO)C(O)CCCCCCCCCCCCCCCCCCCCCCCC. The van der Waals surface area contributed by atoms with E-state index in [1.54, 1.807) is 0 Å². The summed E-state index contributed by atoms with van der Waals surface area (Å²) in [5.41, 5.74) is 0. The molecule has 4 heteroatoms. The highest BCUT2D eigenvalue weighted by atomic mass is 16.3. The first-order valence-corrected chi connectivity index (χ1v) is 29.4. The molecule has 63 heavy (non-hydrogen) atoms. The van der Waals surface area contributed by atoms with E-state index in [1.807, 2.05) is 0 Å². The number of aliphatic hydroxyl groups excluding tert-OH is 2. The highest BCUT2D eigenvalue weighted by Gasteiger charge is 2.20. The van der Waals surface area contributed by atoms with Gasteiger partial charge in [0.1, 0.15) is 0 Å². The van der Waals surface area contributed by atoms with Crippen LogP contribution in [0.3, 0.4) is 0 Å². The lowest BCUT2D eigenvalue weighted by Crippen LogP contribution is -2.45. The van der Waals surface area contributed by atoms with Crippen LogP contribution in [0.1, 0.15) is 341 Å². The van der Waals surface area contributed by atoms with Crippen LogP contribution < -0.4 is 5.32 Å². The van der Waals surface area contributed by atoms with Crippen LogP contribution in [0.2, 0.25) is 0 Å². The maximum absolute atomic E-state index is 12.5. The molecule has 0 saturated heterocycles. The zero-order valence-corrected chi connectivity index (χ0v) is 43.4. The summed E-state index contributed by atoms with van der Waals surface area (Å²) in [4.78, 5) is 12.5. The second-order valence-electron chi connectivity index (χ2n) is 20.4. The molecule has 376 valence electrons. The summed E-state index contributed by atoms with van der Waals surface area (Å²) >= 11 is 0. The largest absolute Gasteiger partial charge is 0.394 e. The zero-order chi connectivity index (χ0) is 45.6. The van der Waals surface area contributed by atoms with E-state index in [4.69, 9.17) is 0 Å². The van der Waals surface area contributed by atoms with Gasteiger partial charge in [-0.1, -0.05) is 309 Å². The van der Waals surface area contributed by atoms with E-state index < -0.39 is 12.1 Å². The summed E-state index contributed by atoms with van der Waals surface area (Å²) < 4.78 is 0. The average molecular weight is 889 g/mol. The van der Waals surface area contributed by atoms with Crippen molar-refractivity contribution in [3.05, 3.63) is 12.2 Å². The molecule has 0 aromatic rings.